The smallest absolute Gasteiger partial charge is 0.221 e. The molecule has 1 saturated carbocycles. The van der Waals surface area contributed by atoms with E-state index in [1.807, 2.05) is 12.3 Å². The van der Waals surface area contributed by atoms with Gasteiger partial charge < -0.3 is 10.6 Å². The first kappa shape index (κ1) is 12.1. The normalized spacial score (nSPS) is 14.8. The highest BCUT2D eigenvalue weighted by atomic mass is 16.1. The standard InChI is InChI=1S/C12H20N4O/c17-12(5-10-16-9-2-8-15-16)14-7-1-6-13-11-3-4-11/h2,8-9,11,13H,1,3-7,10H2,(H,14,17). The van der Waals surface area contributed by atoms with Gasteiger partial charge in [-0.15, -0.1) is 0 Å². The summed E-state index contributed by atoms with van der Waals surface area (Å²) >= 11 is 0. The Hall–Kier alpha value is -1.36. The first-order valence-corrected chi connectivity index (χ1v) is 6.32. The summed E-state index contributed by atoms with van der Waals surface area (Å²) in [7, 11) is 0. The van der Waals surface area contributed by atoms with Crippen molar-refractivity contribution >= 4 is 5.91 Å². The Kier molecular flexibility index (Phi) is 4.55. The Morgan fingerprint density at radius 2 is 2.29 bits per heavy atom. The maximum absolute atomic E-state index is 11.5. The molecule has 17 heavy (non-hydrogen) atoms. The molecule has 0 saturated heterocycles. The van der Waals surface area contributed by atoms with E-state index >= 15 is 0 Å². The number of hydrogen-bond donors (Lipinski definition) is 2. The third-order valence-corrected chi connectivity index (χ3v) is 2.81. The number of carbonyl (C=O) groups is 1. The molecule has 0 atom stereocenters. The fourth-order valence-corrected chi connectivity index (χ4v) is 1.65. The van der Waals surface area contributed by atoms with Crippen LogP contribution in [0.15, 0.2) is 18.5 Å². The van der Waals surface area contributed by atoms with Gasteiger partial charge in [-0.3, -0.25) is 9.48 Å². The molecule has 1 aromatic rings. The predicted octanol–water partition coefficient (Wildman–Crippen LogP) is 0.531. The van der Waals surface area contributed by atoms with Crippen LogP contribution in [0.25, 0.3) is 0 Å². The Morgan fingerprint density at radius 1 is 1.41 bits per heavy atom. The molecule has 5 heteroatoms. The molecule has 0 aromatic carbocycles. The number of aryl methyl sites for hydroxylation is 1. The van der Waals surface area contributed by atoms with Crippen LogP contribution in [-0.4, -0.2) is 34.8 Å². The number of nitrogens with zero attached hydrogens (tertiary/aromatic N) is 2. The molecule has 2 rings (SSSR count). The van der Waals surface area contributed by atoms with Crippen LogP contribution in [0.3, 0.4) is 0 Å². The van der Waals surface area contributed by atoms with E-state index in [4.69, 9.17) is 0 Å². The number of rotatable bonds is 8. The van der Waals surface area contributed by atoms with Gasteiger partial charge in [0.25, 0.3) is 0 Å². The van der Waals surface area contributed by atoms with Crippen molar-refractivity contribution in [1.82, 2.24) is 20.4 Å². The molecule has 1 aliphatic rings. The SMILES string of the molecule is O=C(CCn1cccn1)NCCCNC1CC1. The molecule has 5 nitrogen and oxygen atoms in total. The van der Waals surface area contributed by atoms with Crippen LogP contribution in [0.2, 0.25) is 0 Å². The quantitative estimate of drug-likeness (QED) is 0.647. The Labute approximate surface area is 102 Å². The highest BCUT2D eigenvalue weighted by molar-refractivity contribution is 5.75. The lowest BCUT2D eigenvalue weighted by atomic mass is 10.3. The molecule has 2 N–H and O–H groups in total. The molecular weight excluding hydrogens is 216 g/mol. The summed E-state index contributed by atoms with van der Waals surface area (Å²) in [6.45, 7) is 2.42. The molecule has 1 fully saturated rings. The summed E-state index contributed by atoms with van der Waals surface area (Å²) in [5.41, 5.74) is 0. The van der Waals surface area contributed by atoms with Crippen molar-refractivity contribution in [2.75, 3.05) is 13.1 Å². The van der Waals surface area contributed by atoms with Crippen LogP contribution in [0.4, 0.5) is 0 Å². The molecular formula is C12H20N4O. The van der Waals surface area contributed by atoms with E-state index < -0.39 is 0 Å². The van der Waals surface area contributed by atoms with Crippen LogP contribution in [-0.2, 0) is 11.3 Å². The van der Waals surface area contributed by atoms with Gasteiger partial charge in [-0.2, -0.15) is 5.10 Å². The average Bonchev–Trinajstić information content (AvgIpc) is 3.00. The second-order valence-corrected chi connectivity index (χ2v) is 4.45. The summed E-state index contributed by atoms with van der Waals surface area (Å²) in [6, 6.07) is 2.62. The fourth-order valence-electron chi connectivity index (χ4n) is 1.65. The molecule has 0 spiro atoms. The molecule has 1 aliphatic carbocycles. The molecule has 0 bridgehead atoms. The van der Waals surface area contributed by atoms with Crippen molar-refractivity contribution in [1.29, 1.82) is 0 Å². The zero-order valence-corrected chi connectivity index (χ0v) is 10.1. The lowest BCUT2D eigenvalue weighted by Crippen LogP contribution is -2.28. The van der Waals surface area contributed by atoms with Crippen LogP contribution in [0, 0.1) is 0 Å². The van der Waals surface area contributed by atoms with E-state index in [-0.39, 0.29) is 5.91 Å². The summed E-state index contributed by atoms with van der Waals surface area (Å²) in [6.07, 6.45) is 7.72. The lowest BCUT2D eigenvalue weighted by molar-refractivity contribution is -0.121. The summed E-state index contributed by atoms with van der Waals surface area (Å²) in [4.78, 5) is 11.5. The third kappa shape index (κ3) is 4.99. The lowest BCUT2D eigenvalue weighted by Gasteiger charge is -2.06. The second kappa shape index (κ2) is 6.39. The third-order valence-electron chi connectivity index (χ3n) is 2.81. The molecule has 0 aliphatic heterocycles. The molecule has 0 unspecified atom stereocenters. The van der Waals surface area contributed by atoms with Crippen LogP contribution >= 0.6 is 0 Å². The molecule has 1 heterocycles. The van der Waals surface area contributed by atoms with Crippen molar-refractivity contribution < 1.29 is 4.79 Å². The van der Waals surface area contributed by atoms with Crippen molar-refractivity contribution in [3.8, 4) is 0 Å². The Morgan fingerprint density at radius 3 is 3.00 bits per heavy atom. The fraction of sp³-hybridized carbons (Fsp3) is 0.667. The van der Waals surface area contributed by atoms with Crippen molar-refractivity contribution in [2.45, 2.75) is 38.3 Å². The Balaban J connectivity index is 1.45. The maximum atomic E-state index is 11.5. The average molecular weight is 236 g/mol. The number of amides is 1. The van der Waals surface area contributed by atoms with Crippen molar-refractivity contribution in [2.24, 2.45) is 0 Å². The van der Waals surface area contributed by atoms with Gasteiger partial charge >= 0.3 is 0 Å². The van der Waals surface area contributed by atoms with Gasteiger partial charge in [0.15, 0.2) is 0 Å². The largest absolute Gasteiger partial charge is 0.356 e. The van der Waals surface area contributed by atoms with Crippen LogP contribution in [0.1, 0.15) is 25.7 Å². The van der Waals surface area contributed by atoms with Gasteiger partial charge in [-0.25, -0.2) is 0 Å². The van der Waals surface area contributed by atoms with Gasteiger partial charge in [0.2, 0.25) is 5.91 Å². The van der Waals surface area contributed by atoms with E-state index in [0.717, 1.165) is 25.6 Å². The minimum absolute atomic E-state index is 0.104. The zero-order chi connectivity index (χ0) is 11.9. The molecule has 94 valence electrons. The van der Waals surface area contributed by atoms with Gasteiger partial charge in [0, 0.05) is 37.9 Å². The van der Waals surface area contributed by atoms with E-state index in [2.05, 4.69) is 15.7 Å². The maximum Gasteiger partial charge on any atom is 0.221 e. The highest BCUT2D eigenvalue weighted by Crippen LogP contribution is 2.18. The number of hydrogen-bond acceptors (Lipinski definition) is 3. The first-order valence-electron chi connectivity index (χ1n) is 6.32. The van der Waals surface area contributed by atoms with Gasteiger partial charge in [0.05, 0.1) is 0 Å². The molecule has 1 aromatic heterocycles. The zero-order valence-electron chi connectivity index (χ0n) is 10.1. The van der Waals surface area contributed by atoms with E-state index in [1.165, 1.54) is 12.8 Å². The van der Waals surface area contributed by atoms with E-state index in [9.17, 15) is 4.79 Å². The minimum atomic E-state index is 0.104. The Bertz CT molecular complexity index is 332. The predicted molar refractivity (Wildman–Crippen MR) is 65.5 cm³/mol. The van der Waals surface area contributed by atoms with Gasteiger partial charge in [-0.05, 0) is 31.9 Å². The number of carbonyl (C=O) groups excluding carboxylic acids is 1. The highest BCUT2D eigenvalue weighted by Gasteiger charge is 2.19. The van der Waals surface area contributed by atoms with Gasteiger partial charge in [0.1, 0.15) is 0 Å². The second-order valence-electron chi connectivity index (χ2n) is 4.45. The topological polar surface area (TPSA) is 59.0 Å². The van der Waals surface area contributed by atoms with Crippen molar-refractivity contribution in [3.63, 3.8) is 0 Å². The van der Waals surface area contributed by atoms with Crippen molar-refractivity contribution in [3.05, 3.63) is 18.5 Å². The summed E-state index contributed by atoms with van der Waals surface area (Å²) in [5.74, 6) is 0.104. The summed E-state index contributed by atoms with van der Waals surface area (Å²) in [5, 5.41) is 10.4. The molecule has 0 radical (unpaired) electrons. The van der Waals surface area contributed by atoms with Crippen LogP contribution in [0.5, 0.6) is 0 Å². The van der Waals surface area contributed by atoms with E-state index in [0.29, 0.717) is 13.0 Å². The summed E-state index contributed by atoms with van der Waals surface area (Å²) < 4.78 is 1.77. The first-order chi connectivity index (χ1) is 8.34. The minimum Gasteiger partial charge on any atom is -0.356 e. The van der Waals surface area contributed by atoms with Crippen LogP contribution < -0.4 is 10.6 Å². The molecule has 1 amide bonds. The number of aromatic nitrogens is 2. The number of nitrogens with one attached hydrogen (secondary N) is 2. The van der Waals surface area contributed by atoms with Gasteiger partial charge in [-0.1, -0.05) is 0 Å². The monoisotopic (exact) mass is 236 g/mol. The van der Waals surface area contributed by atoms with E-state index in [1.54, 1.807) is 10.9 Å².